The SMILES string of the molecule is C#Cc1cn([C@@H]2O[C@H](COC(c3ccccc3)(c3ccc(OC)cc3)c3ccc(OC)cc3)[C@@H](O)[C@H]2O)c(=O)[nH]c1=O. The largest absolute Gasteiger partial charge is 0.497 e. The first-order valence-corrected chi connectivity index (χ1v) is 13.1. The highest BCUT2D eigenvalue weighted by Gasteiger charge is 2.46. The molecular weight excluding hydrogens is 540 g/mol. The Morgan fingerprint density at radius 2 is 1.43 bits per heavy atom. The Hall–Kier alpha value is -4.66. The smallest absolute Gasteiger partial charge is 0.330 e. The Labute approximate surface area is 241 Å². The zero-order valence-electron chi connectivity index (χ0n) is 23.0. The normalized spacial score (nSPS) is 20.2. The maximum absolute atomic E-state index is 12.5. The number of ether oxygens (including phenoxy) is 4. The van der Waals surface area contributed by atoms with Crippen LogP contribution in [0.15, 0.2) is 94.6 Å². The molecule has 10 heteroatoms. The number of aromatic nitrogens is 2. The topological polar surface area (TPSA) is 132 Å². The molecule has 0 bridgehead atoms. The number of aliphatic hydroxyl groups excluding tert-OH is 2. The molecule has 1 saturated heterocycles. The van der Waals surface area contributed by atoms with Crippen molar-refractivity contribution in [2.45, 2.75) is 30.1 Å². The van der Waals surface area contributed by atoms with Crippen LogP contribution >= 0.6 is 0 Å². The van der Waals surface area contributed by atoms with Crippen LogP contribution in [0.2, 0.25) is 0 Å². The highest BCUT2D eigenvalue weighted by Crippen LogP contribution is 2.42. The molecule has 216 valence electrons. The fraction of sp³-hybridized carbons (Fsp3) is 0.250. The fourth-order valence-electron chi connectivity index (χ4n) is 5.16. The van der Waals surface area contributed by atoms with Gasteiger partial charge in [0.05, 0.1) is 20.8 Å². The van der Waals surface area contributed by atoms with Gasteiger partial charge >= 0.3 is 5.69 Å². The second-order valence-corrected chi connectivity index (χ2v) is 9.72. The van der Waals surface area contributed by atoms with Crippen molar-refractivity contribution in [2.24, 2.45) is 0 Å². The van der Waals surface area contributed by atoms with Crippen LogP contribution in [0, 0.1) is 12.3 Å². The van der Waals surface area contributed by atoms with Crippen LogP contribution < -0.4 is 20.7 Å². The second kappa shape index (κ2) is 12.1. The molecule has 0 aliphatic carbocycles. The van der Waals surface area contributed by atoms with E-state index in [1.54, 1.807) is 14.2 Å². The molecule has 3 N–H and O–H groups in total. The minimum atomic E-state index is -1.51. The minimum absolute atomic E-state index is 0.123. The van der Waals surface area contributed by atoms with Gasteiger partial charge in [0.2, 0.25) is 0 Å². The summed E-state index contributed by atoms with van der Waals surface area (Å²) in [6.07, 6.45) is 1.18. The van der Waals surface area contributed by atoms with Gasteiger partial charge in [-0.3, -0.25) is 14.3 Å². The molecule has 0 radical (unpaired) electrons. The predicted molar refractivity (Wildman–Crippen MR) is 153 cm³/mol. The van der Waals surface area contributed by atoms with E-state index in [4.69, 9.17) is 25.4 Å². The monoisotopic (exact) mass is 570 g/mol. The van der Waals surface area contributed by atoms with E-state index in [0.29, 0.717) is 11.5 Å². The number of H-pyrrole nitrogens is 1. The van der Waals surface area contributed by atoms with Gasteiger partial charge in [-0.1, -0.05) is 60.5 Å². The quantitative estimate of drug-likeness (QED) is 0.206. The highest BCUT2D eigenvalue weighted by molar-refractivity contribution is 5.49. The van der Waals surface area contributed by atoms with E-state index in [9.17, 15) is 19.8 Å². The molecule has 1 aliphatic rings. The third kappa shape index (κ3) is 5.22. The van der Waals surface area contributed by atoms with Crippen molar-refractivity contribution in [3.8, 4) is 23.8 Å². The van der Waals surface area contributed by atoms with Crippen molar-refractivity contribution >= 4 is 0 Å². The molecular formula is C32H30N2O8. The van der Waals surface area contributed by atoms with Crippen molar-refractivity contribution < 1.29 is 29.2 Å². The van der Waals surface area contributed by atoms with E-state index in [-0.39, 0.29) is 12.2 Å². The Kier molecular flexibility index (Phi) is 8.29. The van der Waals surface area contributed by atoms with Gasteiger partial charge in [-0.05, 0) is 41.0 Å². The Morgan fingerprint density at radius 1 is 0.881 bits per heavy atom. The number of hydrogen-bond acceptors (Lipinski definition) is 8. The van der Waals surface area contributed by atoms with E-state index < -0.39 is 41.4 Å². The zero-order valence-corrected chi connectivity index (χ0v) is 23.0. The molecule has 1 aromatic heterocycles. The lowest BCUT2D eigenvalue weighted by atomic mass is 9.80. The van der Waals surface area contributed by atoms with Crippen LogP contribution in [0.4, 0.5) is 0 Å². The van der Waals surface area contributed by atoms with Crippen LogP contribution in [-0.2, 0) is 15.1 Å². The number of rotatable bonds is 9. The van der Waals surface area contributed by atoms with Crippen LogP contribution in [-0.4, -0.2) is 58.9 Å². The summed E-state index contributed by atoms with van der Waals surface area (Å²) in [4.78, 5) is 26.6. The first-order chi connectivity index (χ1) is 20.3. The molecule has 2 heterocycles. The lowest BCUT2D eigenvalue weighted by Gasteiger charge is -2.37. The molecule has 4 aromatic rings. The first kappa shape index (κ1) is 28.9. The van der Waals surface area contributed by atoms with Crippen LogP contribution in [0.25, 0.3) is 0 Å². The number of benzene rings is 3. The van der Waals surface area contributed by atoms with E-state index in [1.165, 1.54) is 0 Å². The van der Waals surface area contributed by atoms with Gasteiger partial charge in [0.25, 0.3) is 5.56 Å². The lowest BCUT2D eigenvalue weighted by molar-refractivity contribution is -0.0958. The molecule has 10 nitrogen and oxygen atoms in total. The van der Waals surface area contributed by atoms with Crippen LogP contribution in [0.5, 0.6) is 11.5 Å². The fourth-order valence-corrected chi connectivity index (χ4v) is 5.16. The number of aromatic amines is 1. The predicted octanol–water partition coefficient (Wildman–Crippen LogP) is 2.16. The van der Waals surface area contributed by atoms with E-state index >= 15 is 0 Å². The Morgan fingerprint density at radius 3 is 1.95 bits per heavy atom. The standard InChI is InChI=1S/C32H30N2O8/c1-4-20-18-34(31(38)33-29(20)37)30-28(36)27(35)26(42-30)19-41-32(21-8-6-5-7-9-21,22-10-14-24(39-2)15-11-22)23-12-16-25(40-3)17-13-23/h1,5-18,26-28,30,35-36H,19H2,2-3H3,(H,33,37,38)/t26-,27-,28-,30-/m1/s1. The third-order valence-corrected chi connectivity index (χ3v) is 7.37. The van der Waals surface area contributed by atoms with Gasteiger partial charge < -0.3 is 29.2 Å². The zero-order chi connectivity index (χ0) is 29.9. The molecule has 0 amide bonds. The van der Waals surface area contributed by atoms with Crippen molar-refractivity contribution in [3.63, 3.8) is 0 Å². The summed E-state index contributed by atoms with van der Waals surface area (Å²) in [6.45, 7) is -0.193. The molecule has 4 atom stereocenters. The molecule has 3 aromatic carbocycles. The van der Waals surface area contributed by atoms with E-state index in [1.807, 2.05) is 78.9 Å². The van der Waals surface area contributed by atoms with Crippen molar-refractivity contribution in [1.29, 1.82) is 0 Å². The maximum atomic E-state index is 12.5. The van der Waals surface area contributed by atoms with Crippen LogP contribution in [0.1, 0.15) is 28.5 Å². The number of hydrogen-bond donors (Lipinski definition) is 3. The van der Waals surface area contributed by atoms with Gasteiger partial charge in [0.1, 0.15) is 41.0 Å². The summed E-state index contributed by atoms with van der Waals surface area (Å²) >= 11 is 0. The Balaban J connectivity index is 1.56. The van der Waals surface area contributed by atoms with Gasteiger partial charge in [-0.15, -0.1) is 6.42 Å². The molecule has 0 spiro atoms. The number of aliphatic hydroxyl groups is 2. The average molecular weight is 571 g/mol. The summed E-state index contributed by atoms with van der Waals surface area (Å²) in [7, 11) is 3.17. The number of nitrogens with zero attached hydrogens (tertiary/aromatic N) is 1. The second-order valence-electron chi connectivity index (χ2n) is 9.72. The van der Waals surface area contributed by atoms with E-state index in [0.717, 1.165) is 27.5 Å². The minimum Gasteiger partial charge on any atom is -0.497 e. The molecule has 42 heavy (non-hydrogen) atoms. The summed E-state index contributed by atoms with van der Waals surface area (Å²) in [6, 6.07) is 24.4. The molecule has 1 aliphatic heterocycles. The summed E-state index contributed by atoms with van der Waals surface area (Å²) < 4.78 is 24.5. The first-order valence-electron chi connectivity index (χ1n) is 13.1. The summed E-state index contributed by atoms with van der Waals surface area (Å²) in [5.74, 6) is 3.52. The van der Waals surface area contributed by atoms with Crippen molar-refractivity contribution in [2.75, 3.05) is 20.8 Å². The van der Waals surface area contributed by atoms with Crippen molar-refractivity contribution in [3.05, 3.63) is 128 Å². The molecule has 0 saturated carbocycles. The van der Waals surface area contributed by atoms with Gasteiger partial charge in [-0.2, -0.15) is 0 Å². The Bertz CT molecular complexity index is 1630. The summed E-state index contributed by atoms with van der Waals surface area (Å²) in [5, 5.41) is 21.9. The maximum Gasteiger partial charge on any atom is 0.330 e. The molecule has 5 rings (SSSR count). The summed E-state index contributed by atoms with van der Waals surface area (Å²) in [5.41, 5.74) is -0.580. The highest BCUT2D eigenvalue weighted by atomic mass is 16.6. The van der Waals surface area contributed by atoms with Gasteiger partial charge in [0.15, 0.2) is 6.23 Å². The average Bonchev–Trinajstić information content (AvgIpc) is 3.31. The van der Waals surface area contributed by atoms with E-state index in [2.05, 4.69) is 10.9 Å². The van der Waals surface area contributed by atoms with Crippen molar-refractivity contribution in [1.82, 2.24) is 9.55 Å². The number of nitrogens with one attached hydrogen (secondary N) is 1. The third-order valence-electron chi connectivity index (χ3n) is 7.37. The van der Waals surface area contributed by atoms with Gasteiger partial charge in [0, 0.05) is 6.20 Å². The molecule has 1 fully saturated rings. The number of methoxy groups -OCH3 is 2. The molecule has 0 unspecified atom stereocenters. The lowest BCUT2D eigenvalue weighted by Crippen LogP contribution is -2.40. The number of terminal acetylenes is 1. The van der Waals surface area contributed by atoms with Gasteiger partial charge in [-0.25, -0.2) is 4.79 Å². The van der Waals surface area contributed by atoms with Crippen LogP contribution in [0.3, 0.4) is 0 Å².